The smallest absolute Gasteiger partial charge is 0.326 e. The van der Waals surface area contributed by atoms with Crippen molar-refractivity contribution in [2.75, 3.05) is 5.32 Å². The number of amides is 3. The Morgan fingerprint density at radius 3 is 2.70 bits per heavy atom. The first-order valence-electron chi connectivity index (χ1n) is 8.57. The van der Waals surface area contributed by atoms with Crippen LogP contribution in [0.5, 0.6) is 0 Å². The van der Waals surface area contributed by atoms with Crippen molar-refractivity contribution in [2.24, 2.45) is 0 Å². The summed E-state index contributed by atoms with van der Waals surface area (Å²) in [6.07, 6.45) is 8.88. The van der Waals surface area contributed by atoms with Crippen LogP contribution in [0.3, 0.4) is 0 Å². The normalized spacial score (nSPS) is 18.0. The Kier molecular flexibility index (Phi) is 3.39. The topological polar surface area (TPSA) is 113 Å². The second-order valence-electron chi connectivity index (χ2n) is 6.48. The van der Waals surface area contributed by atoms with E-state index in [1.165, 1.54) is 0 Å². The first-order valence-corrected chi connectivity index (χ1v) is 8.57. The van der Waals surface area contributed by atoms with Gasteiger partial charge < -0.3 is 10.6 Å². The Hall–Kier alpha value is -3.75. The zero-order chi connectivity index (χ0) is 18.4. The van der Waals surface area contributed by atoms with Crippen LogP contribution in [0, 0.1) is 0 Å². The second-order valence-corrected chi connectivity index (χ2v) is 6.48. The molecule has 0 aromatic carbocycles. The molecule has 2 fully saturated rings. The Morgan fingerprint density at radius 1 is 1.19 bits per heavy atom. The highest BCUT2D eigenvalue weighted by Crippen LogP contribution is 2.29. The molecule has 1 saturated heterocycles. The van der Waals surface area contributed by atoms with E-state index >= 15 is 0 Å². The van der Waals surface area contributed by atoms with Gasteiger partial charge in [0, 0.05) is 35.6 Å². The Labute approximate surface area is 153 Å². The number of rotatable bonds is 4. The molecule has 27 heavy (non-hydrogen) atoms. The molecule has 3 N–H and O–H groups in total. The number of aromatic nitrogens is 4. The lowest BCUT2D eigenvalue weighted by atomic mass is 10.2. The Morgan fingerprint density at radius 2 is 2.00 bits per heavy atom. The van der Waals surface area contributed by atoms with Gasteiger partial charge in [-0.3, -0.25) is 15.1 Å². The van der Waals surface area contributed by atoms with Gasteiger partial charge in [-0.05, 0) is 31.1 Å². The second kappa shape index (κ2) is 5.90. The molecule has 2 aliphatic rings. The van der Waals surface area contributed by atoms with Gasteiger partial charge in [0.1, 0.15) is 11.5 Å². The molecule has 3 aromatic rings. The van der Waals surface area contributed by atoms with E-state index in [-0.39, 0.29) is 5.70 Å². The molecule has 3 amide bonds. The summed E-state index contributed by atoms with van der Waals surface area (Å²) in [4.78, 5) is 31.9. The molecule has 134 valence electrons. The van der Waals surface area contributed by atoms with Gasteiger partial charge in [-0.2, -0.15) is 9.61 Å². The van der Waals surface area contributed by atoms with Crippen molar-refractivity contribution in [3.63, 3.8) is 0 Å². The van der Waals surface area contributed by atoms with E-state index < -0.39 is 11.9 Å². The molecule has 0 spiro atoms. The first kappa shape index (κ1) is 15.5. The molecule has 9 nitrogen and oxygen atoms in total. The van der Waals surface area contributed by atoms with Crippen molar-refractivity contribution in [2.45, 2.75) is 18.9 Å². The average Bonchev–Trinajstić information content (AvgIpc) is 3.31. The molecule has 0 radical (unpaired) electrons. The molecule has 0 bridgehead atoms. The monoisotopic (exact) mass is 361 g/mol. The number of fused-ring (bicyclic) bond motifs is 1. The first-order chi connectivity index (χ1) is 13.2. The maximum Gasteiger partial charge on any atom is 0.326 e. The summed E-state index contributed by atoms with van der Waals surface area (Å²) in [5, 5.41) is 12.5. The molecular formula is C18H15N7O2. The number of nitrogens with zero attached hydrogens (tertiary/aromatic N) is 4. The van der Waals surface area contributed by atoms with Gasteiger partial charge in [-0.15, -0.1) is 0 Å². The largest absolute Gasteiger partial charge is 0.367 e. The predicted molar refractivity (Wildman–Crippen MR) is 97.5 cm³/mol. The van der Waals surface area contributed by atoms with Gasteiger partial charge in [0.05, 0.1) is 11.9 Å². The number of nitrogens with one attached hydrogen (secondary N) is 3. The van der Waals surface area contributed by atoms with E-state index in [2.05, 4.69) is 26.0 Å². The number of anilines is 1. The van der Waals surface area contributed by atoms with Crippen LogP contribution in [0.25, 0.3) is 23.0 Å². The van der Waals surface area contributed by atoms with Crippen LogP contribution >= 0.6 is 0 Å². The fourth-order valence-electron chi connectivity index (χ4n) is 2.93. The van der Waals surface area contributed by atoms with Crippen LogP contribution in [-0.4, -0.2) is 37.6 Å². The summed E-state index contributed by atoms with van der Waals surface area (Å²) in [7, 11) is 0. The van der Waals surface area contributed by atoms with Gasteiger partial charge >= 0.3 is 6.03 Å². The summed E-state index contributed by atoms with van der Waals surface area (Å²) < 4.78 is 1.71. The highest BCUT2D eigenvalue weighted by molar-refractivity contribution is 6.14. The molecule has 5 rings (SSSR count). The van der Waals surface area contributed by atoms with Crippen LogP contribution < -0.4 is 16.0 Å². The zero-order valence-corrected chi connectivity index (χ0v) is 14.1. The van der Waals surface area contributed by atoms with Crippen molar-refractivity contribution in [1.82, 2.24) is 30.2 Å². The van der Waals surface area contributed by atoms with Gasteiger partial charge in [0.15, 0.2) is 5.65 Å². The summed E-state index contributed by atoms with van der Waals surface area (Å²) in [5.41, 5.74) is 3.10. The summed E-state index contributed by atoms with van der Waals surface area (Å²) in [6, 6.07) is 5.63. The number of carbonyl (C=O) groups excluding carboxylic acids is 2. The molecule has 1 saturated carbocycles. The number of pyridine rings is 1. The minimum atomic E-state index is -0.538. The van der Waals surface area contributed by atoms with Crippen molar-refractivity contribution in [3.8, 4) is 11.3 Å². The van der Waals surface area contributed by atoms with E-state index in [1.54, 1.807) is 29.2 Å². The van der Waals surface area contributed by atoms with Gasteiger partial charge in [-0.1, -0.05) is 0 Å². The van der Waals surface area contributed by atoms with Gasteiger partial charge in [0.2, 0.25) is 0 Å². The van der Waals surface area contributed by atoms with Crippen LogP contribution in [0.2, 0.25) is 0 Å². The Bertz CT molecular complexity index is 1100. The molecule has 9 heteroatoms. The molecule has 3 aromatic heterocycles. The van der Waals surface area contributed by atoms with E-state index in [4.69, 9.17) is 4.98 Å². The maximum atomic E-state index is 11.8. The third-order valence-electron chi connectivity index (χ3n) is 4.42. The maximum absolute atomic E-state index is 11.8. The number of hydrogen-bond donors (Lipinski definition) is 3. The quantitative estimate of drug-likeness (QED) is 0.480. The summed E-state index contributed by atoms with van der Waals surface area (Å²) in [5.74, 6) is 0.361. The lowest BCUT2D eigenvalue weighted by Crippen LogP contribution is -2.22. The minimum Gasteiger partial charge on any atom is -0.367 e. The van der Waals surface area contributed by atoms with E-state index in [0.29, 0.717) is 17.3 Å². The Balaban J connectivity index is 1.66. The average molecular weight is 361 g/mol. The van der Waals surface area contributed by atoms with Crippen LogP contribution in [0.4, 0.5) is 10.6 Å². The van der Waals surface area contributed by atoms with E-state index in [0.717, 1.165) is 29.9 Å². The predicted octanol–water partition coefficient (Wildman–Crippen LogP) is 1.55. The summed E-state index contributed by atoms with van der Waals surface area (Å²) >= 11 is 0. The third kappa shape index (κ3) is 2.88. The molecule has 1 aliphatic carbocycles. The lowest BCUT2D eigenvalue weighted by molar-refractivity contribution is -0.115. The summed E-state index contributed by atoms with van der Waals surface area (Å²) in [6.45, 7) is 0. The van der Waals surface area contributed by atoms with Gasteiger partial charge in [-0.25, -0.2) is 9.78 Å². The highest BCUT2D eigenvalue weighted by atomic mass is 16.2. The standard InChI is InChI=1S/C18H15N7O2/c26-17-14(23-18(27)24-17)7-11-9-20-25-15(21-12-1-2-12)8-13(22-16(11)25)10-3-5-19-6-4-10/h3-9,12,21H,1-2H2,(H2,23,24,26,27)/b14-7-. The molecule has 4 heterocycles. The molecule has 0 atom stereocenters. The fraction of sp³-hybridized carbons (Fsp3) is 0.167. The highest BCUT2D eigenvalue weighted by Gasteiger charge is 2.25. The molecule has 0 unspecified atom stereocenters. The zero-order valence-electron chi connectivity index (χ0n) is 14.1. The lowest BCUT2D eigenvalue weighted by Gasteiger charge is -2.10. The third-order valence-corrected chi connectivity index (χ3v) is 4.42. The van der Waals surface area contributed by atoms with Crippen molar-refractivity contribution in [1.29, 1.82) is 0 Å². The van der Waals surface area contributed by atoms with Crippen LogP contribution in [-0.2, 0) is 4.79 Å². The van der Waals surface area contributed by atoms with E-state index in [9.17, 15) is 9.59 Å². The number of carbonyl (C=O) groups is 2. The van der Waals surface area contributed by atoms with E-state index in [1.807, 2.05) is 18.2 Å². The van der Waals surface area contributed by atoms with Crippen molar-refractivity contribution >= 4 is 29.5 Å². The molecular weight excluding hydrogens is 346 g/mol. The van der Waals surface area contributed by atoms with Gasteiger partial charge in [0.25, 0.3) is 5.91 Å². The molecule has 1 aliphatic heterocycles. The van der Waals surface area contributed by atoms with Crippen LogP contribution in [0.15, 0.2) is 42.5 Å². The van der Waals surface area contributed by atoms with Crippen molar-refractivity contribution < 1.29 is 9.59 Å². The number of imide groups is 1. The minimum absolute atomic E-state index is 0.169. The van der Waals surface area contributed by atoms with Crippen LogP contribution in [0.1, 0.15) is 18.4 Å². The van der Waals surface area contributed by atoms with Crippen molar-refractivity contribution in [3.05, 3.63) is 48.1 Å². The fourth-order valence-corrected chi connectivity index (χ4v) is 2.93. The number of urea groups is 1. The SMILES string of the molecule is O=C1NC(=O)/C(=C/c2cnn3c(NC4CC4)cc(-c4ccncc4)nc23)N1. The number of hydrogen-bond acceptors (Lipinski definition) is 6.